The molecule has 0 aliphatic rings. The number of ketones is 1. The van der Waals surface area contributed by atoms with E-state index >= 15 is 0 Å². The average Bonchev–Trinajstić information content (AvgIpc) is 2.90. The average molecular weight is 521 g/mol. The number of unbranched alkanes of at least 4 members (excludes halogenated alkanes) is 24. The summed E-state index contributed by atoms with van der Waals surface area (Å²) in [6, 6.07) is 0. The molecule has 0 saturated carbocycles. The highest BCUT2D eigenvalue weighted by Crippen LogP contribution is 2.18. The van der Waals surface area contributed by atoms with Crippen LogP contribution in [0.5, 0.6) is 0 Å². The Bertz CT molecular complexity index is 428. The van der Waals surface area contributed by atoms with E-state index in [0.29, 0.717) is 5.78 Å². The number of carbonyl (C=O) groups excluding carboxylic acids is 1. The van der Waals surface area contributed by atoms with Gasteiger partial charge in [-0.15, -0.1) is 0 Å². The van der Waals surface area contributed by atoms with Crippen LogP contribution in [0.3, 0.4) is 0 Å². The van der Waals surface area contributed by atoms with Crippen LogP contribution in [0.15, 0.2) is 0 Å². The summed E-state index contributed by atoms with van der Waals surface area (Å²) < 4.78 is 0. The molecule has 1 nitrogen and oxygen atoms in total. The molecule has 1 unspecified atom stereocenters. The predicted molar refractivity (Wildman–Crippen MR) is 169 cm³/mol. The fourth-order valence-electron chi connectivity index (χ4n) is 5.74. The van der Waals surface area contributed by atoms with E-state index in [1.54, 1.807) is 0 Å². The van der Waals surface area contributed by atoms with Crippen molar-refractivity contribution in [3.63, 3.8) is 0 Å². The van der Waals surface area contributed by atoms with Crippen LogP contribution in [-0.2, 0) is 4.79 Å². The summed E-state index contributed by atoms with van der Waals surface area (Å²) in [7, 11) is 0. The van der Waals surface area contributed by atoms with E-state index in [0.717, 1.165) is 31.6 Å². The third-order valence-electron chi connectivity index (χ3n) is 8.51. The molecular weight excluding hydrogens is 448 g/mol. The van der Waals surface area contributed by atoms with Gasteiger partial charge in [-0.05, 0) is 18.8 Å². The minimum Gasteiger partial charge on any atom is -0.300 e. The first-order valence-corrected chi connectivity index (χ1v) is 17.7. The molecular formula is C36H72O. The predicted octanol–water partition coefficient (Wildman–Crippen LogP) is 13.3. The molecule has 1 atom stereocenters. The number of hydrogen-bond acceptors (Lipinski definition) is 1. The monoisotopic (exact) mass is 521 g/mol. The van der Waals surface area contributed by atoms with Gasteiger partial charge in [-0.1, -0.05) is 194 Å². The summed E-state index contributed by atoms with van der Waals surface area (Å²) in [4.78, 5) is 12.1. The Hall–Kier alpha value is -0.330. The van der Waals surface area contributed by atoms with Crippen molar-refractivity contribution in [1.29, 1.82) is 0 Å². The molecule has 0 rings (SSSR count). The van der Waals surface area contributed by atoms with Gasteiger partial charge < -0.3 is 0 Å². The second kappa shape index (κ2) is 31.9. The Labute approximate surface area is 236 Å². The van der Waals surface area contributed by atoms with Crippen LogP contribution in [-0.4, -0.2) is 5.78 Å². The second-order valence-corrected chi connectivity index (χ2v) is 12.6. The van der Waals surface area contributed by atoms with E-state index < -0.39 is 0 Å². The van der Waals surface area contributed by atoms with Gasteiger partial charge in [-0.25, -0.2) is 0 Å². The quantitative estimate of drug-likeness (QED) is 0.0806. The van der Waals surface area contributed by atoms with Gasteiger partial charge in [0, 0.05) is 12.8 Å². The molecule has 0 aromatic heterocycles. The first-order valence-electron chi connectivity index (χ1n) is 17.7. The lowest BCUT2D eigenvalue weighted by Gasteiger charge is -2.10. The minimum absolute atomic E-state index is 0.526. The topological polar surface area (TPSA) is 17.1 Å². The lowest BCUT2D eigenvalue weighted by molar-refractivity contribution is -0.119. The van der Waals surface area contributed by atoms with Crippen molar-refractivity contribution in [1.82, 2.24) is 0 Å². The van der Waals surface area contributed by atoms with Gasteiger partial charge in [-0.2, -0.15) is 0 Å². The maximum Gasteiger partial charge on any atom is 0.132 e. The largest absolute Gasteiger partial charge is 0.300 e. The standard InChI is InChI=1S/C36H72O/c1-4-6-8-9-10-11-12-13-17-20-23-26-29-33-36(37)34-30-27-24-21-18-15-14-16-19-22-25-28-32-35(3)31-7-5-2/h35H,4-34H2,1-3H3. The molecule has 1 heteroatoms. The van der Waals surface area contributed by atoms with Gasteiger partial charge in [0.1, 0.15) is 5.78 Å². The van der Waals surface area contributed by atoms with Crippen LogP contribution in [0, 0.1) is 5.92 Å². The van der Waals surface area contributed by atoms with Crippen molar-refractivity contribution in [2.45, 2.75) is 220 Å². The molecule has 0 aromatic carbocycles. The van der Waals surface area contributed by atoms with Crippen LogP contribution in [0.2, 0.25) is 0 Å². The van der Waals surface area contributed by atoms with Crippen LogP contribution in [0.25, 0.3) is 0 Å². The van der Waals surface area contributed by atoms with Gasteiger partial charge in [0.05, 0.1) is 0 Å². The van der Waals surface area contributed by atoms with Crippen LogP contribution in [0.4, 0.5) is 0 Å². The van der Waals surface area contributed by atoms with E-state index in [9.17, 15) is 4.79 Å². The van der Waals surface area contributed by atoms with E-state index in [1.807, 2.05) is 0 Å². The number of hydrogen-bond donors (Lipinski definition) is 0. The zero-order valence-corrected chi connectivity index (χ0v) is 26.4. The maximum absolute atomic E-state index is 12.1. The first kappa shape index (κ1) is 36.7. The second-order valence-electron chi connectivity index (χ2n) is 12.6. The summed E-state index contributed by atoms with van der Waals surface area (Å²) in [5.41, 5.74) is 0. The summed E-state index contributed by atoms with van der Waals surface area (Å²) in [6.45, 7) is 7.03. The van der Waals surface area contributed by atoms with Crippen molar-refractivity contribution in [3.8, 4) is 0 Å². The Morgan fingerprint density at radius 1 is 0.378 bits per heavy atom. The Morgan fingerprint density at radius 2 is 0.649 bits per heavy atom. The van der Waals surface area contributed by atoms with Crippen molar-refractivity contribution in [2.75, 3.05) is 0 Å². The Balaban J connectivity index is 3.18. The molecule has 0 aromatic rings. The van der Waals surface area contributed by atoms with Crippen LogP contribution in [0.1, 0.15) is 220 Å². The van der Waals surface area contributed by atoms with Gasteiger partial charge in [0.25, 0.3) is 0 Å². The van der Waals surface area contributed by atoms with Gasteiger partial charge in [-0.3, -0.25) is 4.79 Å². The number of Topliss-reactive ketones (excluding diaryl/α,β-unsaturated/α-hetero) is 1. The highest BCUT2D eigenvalue weighted by Gasteiger charge is 2.03. The van der Waals surface area contributed by atoms with E-state index in [4.69, 9.17) is 0 Å². The fraction of sp³-hybridized carbons (Fsp3) is 0.972. The lowest BCUT2D eigenvalue weighted by Crippen LogP contribution is -1.97. The zero-order chi connectivity index (χ0) is 27.1. The van der Waals surface area contributed by atoms with Gasteiger partial charge >= 0.3 is 0 Å². The SMILES string of the molecule is CCCCCCCCCCCCCCCC(=O)CCCCCCCCCCCCCCC(C)CCCC. The van der Waals surface area contributed by atoms with Crippen molar-refractivity contribution in [2.24, 2.45) is 5.92 Å². The molecule has 0 aliphatic carbocycles. The van der Waals surface area contributed by atoms with Gasteiger partial charge in [0.2, 0.25) is 0 Å². The summed E-state index contributed by atoms with van der Waals surface area (Å²) in [6.07, 6.45) is 41.9. The van der Waals surface area contributed by atoms with E-state index in [2.05, 4.69) is 20.8 Å². The summed E-state index contributed by atoms with van der Waals surface area (Å²) >= 11 is 0. The highest BCUT2D eigenvalue weighted by molar-refractivity contribution is 5.78. The molecule has 0 fully saturated rings. The molecule has 0 aliphatic heterocycles. The van der Waals surface area contributed by atoms with E-state index in [-0.39, 0.29) is 0 Å². The van der Waals surface area contributed by atoms with Crippen LogP contribution < -0.4 is 0 Å². The molecule has 0 spiro atoms. The zero-order valence-electron chi connectivity index (χ0n) is 26.4. The Kier molecular flexibility index (Phi) is 31.6. The van der Waals surface area contributed by atoms with Crippen molar-refractivity contribution < 1.29 is 4.79 Å². The fourth-order valence-corrected chi connectivity index (χ4v) is 5.74. The molecule has 222 valence electrons. The lowest BCUT2D eigenvalue weighted by atomic mass is 9.97. The number of rotatable bonds is 32. The Morgan fingerprint density at radius 3 is 1.00 bits per heavy atom. The first-order chi connectivity index (χ1) is 18.2. The van der Waals surface area contributed by atoms with E-state index in [1.165, 1.54) is 173 Å². The maximum atomic E-state index is 12.1. The minimum atomic E-state index is 0.526. The molecule has 0 heterocycles. The number of carbonyl (C=O) groups is 1. The third kappa shape index (κ3) is 31.8. The smallest absolute Gasteiger partial charge is 0.132 e. The molecule has 0 bridgehead atoms. The summed E-state index contributed by atoms with van der Waals surface area (Å²) in [5.74, 6) is 1.47. The highest BCUT2D eigenvalue weighted by atomic mass is 16.1. The molecule has 37 heavy (non-hydrogen) atoms. The van der Waals surface area contributed by atoms with Crippen molar-refractivity contribution >= 4 is 5.78 Å². The normalized spacial score (nSPS) is 12.3. The summed E-state index contributed by atoms with van der Waals surface area (Å²) in [5, 5.41) is 0. The molecule has 0 amide bonds. The van der Waals surface area contributed by atoms with Crippen molar-refractivity contribution in [3.05, 3.63) is 0 Å². The molecule has 0 saturated heterocycles. The van der Waals surface area contributed by atoms with Gasteiger partial charge in [0.15, 0.2) is 0 Å². The van der Waals surface area contributed by atoms with Crippen LogP contribution >= 0.6 is 0 Å². The molecule has 0 radical (unpaired) electrons. The third-order valence-corrected chi connectivity index (χ3v) is 8.51. The molecule has 0 N–H and O–H groups in total.